The highest BCUT2D eigenvalue weighted by Crippen LogP contribution is 2.16. The summed E-state index contributed by atoms with van der Waals surface area (Å²) in [6, 6.07) is 10.5. The summed E-state index contributed by atoms with van der Waals surface area (Å²) in [4.78, 5) is 12.7. The van der Waals surface area contributed by atoms with E-state index in [1.54, 1.807) is 0 Å². The average Bonchev–Trinajstić information content (AvgIpc) is 2.98. The number of amides is 1. The SMILES string of the molecule is NC(C(=O)NCc1cccc(CO)c1)c1cccs1. The molecule has 1 heterocycles. The highest BCUT2D eigenvalue weighted by molar-refractivity contribution is 7.10. The highest BCUT2D eigenvalue weighted by atomic mass is 32.1. The van der Waals surface area contributed by atoms with Gasteiger partial charge in [-0.05, 0) is 22.6 Å². The molecule has 0 aliphatic rings. The van der Waals surface area contributed by atoms with Crippen LogP contribution in [0.4, 0.5) is 0 Å². The van der Waals surface area contributed by atoms with Gasteiger partial charge in [-0.25, -0.2) is 0 Å². The molecule has 0 radical (unpaired) electrons. The van der Waals surface area contributed by atoms with Crippen LogP contribution in [0.3, 0.4) is 0 Å². The Morgan fingerprint density at radius 1 is 1.32 bits per heavy atom. The van der Waals surface area contributed by atoms with Crippen LogP contribution < -0.4 is 11.1 Å². The van der Waals surface area contributed by atoms with Crippen molar-refractivity contribution in [2.24, 2.45) is 5.73 Å². The zero-order valence-corrected chi connectivity index (χ0v) is 11.2. The van der Waals surface area contributed by atoms with Gasteiger partial charge in [0.25, 0.3) is 0 Å². The molecule has 1 aromatic carbocycles. The highest BCUT2D eigenvalue weighted by Gasteiger charge is 2.15. The minimum absolute atomic E-state index is 0.00348. The van der Waals surface area contributed by atoms with Crippen molar-refractivity contribution in [2.45, 2.75) is 19.2 Å². The fraction of sp³-hybridized carbons (Fsp3) is 0.214. The third kappa shape index (κ3) is 3.64. The second kappa shape index (κ2) is 6.47. The van der Waals surface area contributed by atoms with E-state index in [9.17, 15) is 4.79 Å². The Hall–Kier alpha value is -1.69. The number of thiophene rings is 1. The van der Waals surface area contributed by atoms with Crippen molar-refractivity contribution >= 4 is 17.2 Å². The third-order valence-corrected chi connectivity index (χ3v) is 3.73. The zero-order chi connectivity index (χ0) is 13.7. The van der Waals surface area contributed by atoms with Gasteiger partial charge in [-0.2, -0.15) is 0 Å². The van der Waals surface area contributed by atoms with Crippen molar-refractivity contribution < 1.29 is 9.90 Å². The van der Waals surface area contributed by atoms with E-state index >= 15 is 0 Å². The van der Waals surface area contributed by atoms with Crippen molar-refractivity contribution in [1.82, 2.24) is 5.32 Å². The van der Waals surface area contributed by atoms with E-state index in [0.29, 0.717) is 6.54 Å². The number of hydrogen-bond acceptors (Lipinski definition) is 4. The van der Waals surface area contributed by atoms with Gasteiger partial charge in [0.05, 0.1) is 6.61 Å². The molecule has 1 aromatic heterocycles. The van der Waals surface area contributed by atoms with Crippen LogP contribution in [0, 0.1) is 0 Å². The molecule has 2 rings (SSSR count). The number of carbonyl (C=O) groups is 1. The smallest absolute Gasteiger partial charge is 0.242 e. The maximum atomic E-state index is 11.9. The first kappa shape index (κ1) is 13.7. The van der Waals surface area contributed by atoms with E-state index in [4.69, 9.17) is 10.8 Å². The summed E-state index contributed by atoms with van der Waals surface area (Å²) in [5.41, 5.74) is 7.63. The number of rotatable bonds is 5. The van der Waals surface area contributed by atoms with Gasteiger partial charge in [0.1, 0.15) is 6.04 Å². The van der Waals surface area contributed by atoms with E-state index in [1.807, 2.05) is 41.8 Å². The Balaban J connectivity index is 1.93. The predicted octanol–water partition coefficient (Wildman–Crippen LogP) is 1.56. The van der Waals surface area contributed by atoms with Crippen LogP contribution in [-0.2, 0) is 17.9 Å². The van der Waals surface area contributed by atoms with Gasteiger partial charge in [0.15, 0.2) is 0 Å². The summed E-state index contributed by atoms with van der Waals surface area (Å²) >= 11 is 1.47. The molecular weight excluding hydrogens is 260 g/mol. The van der Waals surface area contributed by atoms with Crippen molar-refractivity contribution in [1.29, 1.82) is 0 Å². The molecule has 2 aromatic rings. The minimum atomic E-state index is -0.624. The van der Waals surface area contributed by atoms with Crippen molar-refractivity contribution in [3.8, 4) is 0 Å². The Morgan fingerprint density at radius 2 is 2.11 bits per heavy atom. The topological polar surface area (TPSA) is 75.4 Å². The van der Waals surface area contributed by atoms with Gasteiger partial charge in [0, 0.05) is 11.4 Å². The molecule has 19 heavy (non-hydrogen) atoms. The summed E-state index contributed by atoms with van der Waals surface area (Å²) < 4.78 is 0. The summed E-state index contributed by atoms with van der Waals surface area (Å²) in [5.74, 6) is -0.197. The number of carbonyl (C=O) groups excluding carboxylic acids is 1. The fourth-order valence-corrected chi connectivity index (χ4v) is 2.46. The van der Waals surface area contributed by atoms with Crippen LogP contribution >= 0.6 is 11.3 Å². The largest absolute Gasteiger partial charge is 0.392 e. The lowest BCUT2D eigenvalue weighted by Crippen LogP contribution is -2.33. The average molecular weight is 276 g/mol. The number of nitrogens with one attached hydrogen (secondary N) is 1. The van der Waals surface area contributed by atoms with E-state index in [0.717, 1.165) is 16.0 Å². The van der Waals surface area contributed by atoms with Gasteiger partial charge in [-0.15, -0.1) is 11.3 Å². The minimum Gasteiger partial charge on any atom is -0.392 e. The first-order valence-corrected chi connectivity index (χ1v) is 6.84. The molecule has 0 saturated heterocycles. The first-order valence-electron chi connectivity index (χ1n) is 5.96. The molecule has 0 fully saturated rings. The van der Waals surface area contributed by atoms with Crippen LogP contribution in [-0.4, -0.2) is 11.0 Å². The lowest BCUT2D eigenvalue weighted by Gasteiger charge is -2.11. The molecule has 1 atom stereocenters. The van der Waals surface area contributed by atoms with E-state index < -0.39 is 6.04 Å². The molecule has 0 aliphatic carbocycles. The lowest BCUT2D eigenvalue weighted by atomic mass is 10.1. The van der Waals surface area contributed by atoms with Crippen molar-refractivity contribution in [2.75, 3.05) is 0 Å². The maximum absolute atomic E-state index is 11.9. The molecule has 0 bridgehead atoms. The van der Waals surface area contributed by atoms with Crippen LogP contribution in [0.1, 0.15) is 22.0 Å². The zero-order valence-electron chi connectivity index (χ0n) is 10.4. The van der Waals surface area contributed by atoms with E-state index in [2.05, 4.69) is 5.32 Å². The molecule has 0 saturated carbocycles. The quantitative estimate of drug-likeness (QED) is 0.775. The number of aliphatic hydroxyl groups is 1. The van der Waals surface area contributed by atoms with Crippen LogP contribution in [0.25, 0.3) is 0 Å². The Morgan fingerprint density at radius 3 is 2.79 bits per heavy atom. The Labute approximate surface area is 115 Å². The molecule has 1 amide bonds. The number of benzene rings is 1. The standard InChI is InChI=1S/C14H16N2O2S/c15-13(12-5-2-6-19-12)14(18)16-8-10-3-1-4-11(7-10)9-17/h1-7,13,17H,8-9,15H2,(H,16,18). The van der Waals surface area contributed by atoms with Gasteiger partial charge in [-0.3, -0.25) is 4.79 Å². The second-order valence-electron chi connectivity index (χ2n) is 4.19. The number of nitrogens with two attached hydrogens (primary N) is 1. The normalized spacial score (nSPS) is 12.1. The van der Waals surface area contributed by atoms with Gasteiger partial charge in [-0.1, -0.05) is 30.3 Å². The molecule has 0 spiro atoms. The van der Waals surface area contributed by atoms with Gasteiger partial charge in [0.2, 0.25) is 5.91 Å². The Bertz CT molecular complexity index is 540. The summed E-state index contributed by atoms with van der Waals surface area (Å²) in [7, 11) is 0. The van der Waals surface area contributed by atoms with Crippen LogP contribution in [0.2, 0.25) is 0 Å². The molecule has 0 aliphatic heterocycles. The molecular formula is C14H16N2O2S. The molecule has 100 valence electrons. The predicted molar refractivity (Wildman–Crippen MR) is 75.5 cm³/mol. The molecule has 5 heteroatoms. The van der Waals surface area contributed by atoms with Crippen LogP contribution in [0.15, 0.2) is 41.8 Å². The van der Waals surface area contributed by atoms with Crippen molar-refractivity contribution in [3.05, 3.63) is 57.8 Å². The fourth-order valence-electron chi connectivity index (χ4n) is 1.73. The van der Waals surface area contributed by atoms with E-state index in [-0.39, 0.29) is 12.5 Å². The van der Waals surface area contributed by atoms with Crippen LogP contribution in [0.5, 0.6) is 0 Å². The number of hydrogen-bond donors (Lipinski definition) is 3. The lowest BCUT2D eigenvalue weighted by molar-refractivity contribution is -0.122. The third-order valence-electron chi connectivity index (χ3n) is 2.77. The maximum Gasteiger partial charge on any atom is 0.242 e. The summed E-state index contributed by atoms with van der Waals surface area (Å²) in [6.07, 6.45) is 0. The van der Waals surface area contributed by atoms with Gasteiger partial charge < -0.3 is 16.2 Å². The van der Waals surface area contributed by atoms with Gasteiger partial charge >= 0.3 is 0 Å². The Kier molecular flexibility index (Phi) is 4.68. The number of aliphatic hydroxyl groups excluding tert-OH is 1. The molecule has 4 N–H and O–H groups in total. The summed E-state index contributed by atoms with van der Waals surface area (Å²) in [6.45, 7) is 0.405. The van der Waals surface area contributed by atoms with Crippen molar-refractivity contribution in [3.63, 3.8) is 0 Å². The first-order chi connectivity index (χ1) is 9.20. The molecule has 1 unspecified atom stereocenters. The summed E-state index contributed by atoms with van der Waals surface area (Å²) in [5, 5.41) is 13.7. The molecule has 4 nitrogen and oxygen atoms in total. The second-order valence-corrected chi connectivity index (χ2v) is 5.17. The monoisotopic (exact) mass is 276 g/mol. The van der Waals surface area contributed by atoms with E-state index in [1.165, 1.54) is 11.3 Å².